The molecule has 2 bridgehead atoms. The number of fused-ring (bicyclic) bond motifs is 2. The Hall–Kier alpha value is -4.45. The lowest BCUT2D eigenvalue weighted by Gasteiger charge is -2.60. The maximum atomic E-state index is 14.1. The molecule has 358 valence electrons. The van der Waals surface area contributed by atoms with E-state index in [1.54, 1.807) is 11.3 Å². The molecule has 3 aromatic rings. The number of hydrogen-bond acceptors (Lipinski definition) is 12. The number of nitrogens with one attached hydrogen (secondary N) is 3. The molecule has 16 heteroatoms. The molecular weight excluding hydrogens is 863 g/mol. The molecule has 5 aliphatic heterocycles. The number of alkyl carbamates (subject to hydrolysis) is 1. The zero-order valence-electron chi connectivity index (χ0n) is 39.3. The van der Waals surface area contributed by atoms with Gasteiger partial charge in [-0.3, -0.25) is 14.4 Å². The fourth-order valence-corrected chi connectivity index (χ4v) is 11.7. The highest BCUT2D eigenvalue weighted by Crippen LogP contribution is 2.60. The Morgan fingerprint density at radius 1 is 0.955 bits per heavy atom. The number of carbonyl (C=O) groups excluding carboxylic acids is 4. The van der Waals surface area contributed by atoms with Gasteiger partial charge in [-0.25, -0.2) is 19.6 Å². The summed E-state index contributed by atoms with van der Waals surface area (Å²) in [5.41, 5.74) is 4.99. The molecule has 11 atom stereocenters. The van der Waals surface area contributed by atoms with Crippen molar-refractivity contribution >= 4 is 35.2 Å². The zero-order valence-corrected chi connectivity index (χ0v) is 40.1. The highest BCUT2D eigenvalue weighted by atomic mass is 32.1. The number of carbonyl (C=O) groups is 4. The van der Waals surface area contributed by atoms with Gasteiger partial charge in [0.25, 0.3) is 0 Å². The molecule has 15 nitrogen and oxygen atoms in total. The van der Waals surface area contributed by atoms with Crippen molar-refractivity contribution in [3.05, 3.63) is 76.4 Å². The minimum absolute atomic E-state index is 0.0107. The third kappa shape index (κ3) is 10.2. The fourth-order valence-electron chi connectivity index (χ4n) is 10.9. The number of nitrogens with zero attached hydrogens (tertiary/aromatic N) is 2. The van der Waals surface area contributed by atoms with E-state index in [4.69, 9.17) is 24.0 Å². The molecule has 1 saturated carbocycles. The van der Waals surface area contributed by atoms with E-state index in [2.05, 4.69) is 34.8 Å². The number of amides is 4. The van der Waals surface area contributed by atoms with Crippen LogP contribution in [0.5, 0.6) is 0 Å². The molecule has 6 heterocycles. The highest BCUT2D eigenvalue weighted by Gasteiger charge is 2.69. The Bertz CT molecular complexity index is 2210. The first-order chi connectivity index (χ1) is 31.4. The number of ether oxygens (including phenoxy) is 3. The number of benzene rings is 2. The summed E-state index contributed by atoms with van der Waals surface area (Å²) >= 11 is 1.57. The molecule has 1 aromatic heterocycles. The van der Waals surface area contributed by atoms with E-state index in [1.807, 2.05) is 88.7 Å². The molecule has 5 saturated heterocycles. The van der Waals surface area contributed by atoms with Gasteiger partial charge in [0.2, 0.25) is 23.5 Å². The Kier molecular flexibility index (Phi) is 14.3. The van der Waals surface area contributed by atoms with Crippen molar-refractivity contribution in [1.29, 1.82) is 0 Å². The first kappa shape index (κ1) is 48.0. The third-order valence-electron chi connectivity index (χ3n) is 14.7. The van der Waals surface area contributed by atoms with Crippen LogP contribution in [-0.4, -0.2) is 93.9 Å². The van der Waals surface area contributed by atoms with Gasteiger partial charge in [0.1, 0.15) is 12.1 Å². The maximum absolute atomic E-state index is 14.1. The lowest BCUT2D eigenvalue weighted by Crippen LogP contribution is -2.70. The molecule has 6 aliphatic rings. The first-order valence-electron chi connectivity index (χ1n) is 23.7. The van der Waals surface area contributed by atoms with E-state index in [1.165, 1.54) is 4.90 Å². The molecule has 4 amide bonds. The second-order valence-electron chi connectivity index (χ2n) is 20.5. The number of aryl methyl sites for hydroxylation is 1. The van der Waals surface area contributed by atoms with Gasteiger partial charge in [0.15, 0.2) is 11.9 Å². The van der Waals surface area contributed by atoms with Gasteiger partial charge in [0, 0.05) is 38.4 Å². The van der Waals surface area contributed by atoms with Gasteiger partial charge in [-0.2, -0.15) is 0 Å². The predicted molar refractivity (Wildman–Crippen MR) is 246 cm³/mol. The fraction of sp³-hybridized carbons (Fsp3) is 0.620. The molecule has 1 spiro atoms. The summed E-state index contributed by atoms with van der Waals surface area (Å²) in [5, 5.41) is 19.3. The largest absolute Gasteiger partial charge is 0.450 e. The number of β-amino-alcohol motifs (C(OH)–C–C–N with tert-alkyl or cyclic N) is 1. The van der Waals surface area contributed by atoms with Crippen LogP contribution >= 0.6 is 11.3 Å². The molecule has 9 rings (SSSR count). The van der Waals surface area contributed by atoms with Crippen LogP contribution < -0.4 is 16.0 Å². The molecule has 11 unspecified atom stereocenters. The highest BCUT2D eigenvalue weighted by molar-refractivity contribution is 7.13. The Morgan fingerprint density at radius 3 is 2.35 bits per heavy atom. The van der Waals surface area contributed by atoms with Gasteiger partial charge in [-0.15, -0.1) is 11.3 Å². The molecule has 0 radical (unpaired) electrons. The molecule has 4 N–H and O–H groups in total. The number of rotatable bonds is 14. The van der Waals surface area contributed by atoms with E-state index in [0.29, 0.717) is 18.3 Å². The van der Waals surface area contributed by atoms with Crippen molar-refractivity contribution in [2.24, 2.45) is 29.1 Å². The van der Waals surface area contributed by atoms with Crippen LogP contribution in [0.3, 0.4) is 0 Å². The Labute approximate surface area is 391 Å². The Morgan fingerprint density at radius 2 is 1.65 bits per heavy atom. The smallest absolute Gasteiger partial charge is 0.407 e. The van der Waals surface area contributed by atoms with Crippen LogP contribution in [-0.2, 0) is 57.9 Å². The predicted octanol–water partition coefficient (Wildman–Crippen LogP) is 6.73. The van der Waals surface area contributed by atoms with Crippen LogP contribution in [0.2, 0.25) is 0 Å². The van der Waals surface area contributed by atoms with E-state index in [-0.39, 0.29) is 68.8 Å². The second kappa shape index (κ2) is 19.6. The van der Waals surface area contributed by atoms with Crippen molar-refractivity contribution < 1.29 is 48.3 Å². The van der Waals surface area contributed by atoms with Gasteiger partial charge in [0.05, 0.1) is 41.3 Å². The summed E-state index contributed by atoms with van der Waals surface area (Å²) in [7, 11) is 0. The summed E-state index contributed by atoms with van der Waals surface area (Å²) in [6.07, 6.45) is 3.49. The van der Waals surface area contributed by atoms with Crippen molar-refractivity contribution in [3.8, 4) is 10.4 Å². The average Bonchev–Trinajstić information content (AvgIpc) is 3.83. The van der Waals surface area contributed by atoms with Crippen LogP contribution in [0, 0.1) is 36.0 Å². The van der Waals surface area contributed by atoms with Crippen molar-refractivity contribution in [3.63, 3.8) is 0 Å². The number of aromatic nitrogens is 1. The quantitative estimate of drug-likeness (QED) is 0.0993. The normalized spacial score (nSPS) is 30.8. The van der Waals surface area contributed by atoms with Crippen molar-refractivity contribution in [2.75, 3.05) is 13.2 Å². The average molecular weight is 930 g/mol. The third-order valence-corrected chi connectivity index (χ3v) is 15.7. The summed E-state index contributed by atoms with van der Waals surface area (Å²) in [6, 6.07) is 13.4. The number of aliphatic hydroxyl groups excluding tert-OH is 1. The van der Waals surface area contributed by atoms with Crippen molar-refractivity contribution in [1.82, 2.24) is 25.8 Å². The number of aliphatic hydroxyl groups is 1. The first-order valence-corrected chi connectivity index (χ1v) is 24.6. The monoisotopic (exact) mass is 929 g/mol. The zero-order chi connectivity index (χ0) is 47.0. The minimum atomic E-state index is -0.948. The van der Waals surface area contributed by atoms with E-state index in [9.17, 15) is 24.3 Å². The molecule has 6 fully saturated rings. The SMILES string of the molecule is Cc1ncsc1-c1ccc(CNC(=O)C2CC(O)CN2C(=O)C(NC(=O)Cc2ccc(CNC(=O)OCCCC3OC4OC5(C)CCC6C(C)CCC(C3C)C46OO5)cc2)C(C)(C)C)cc1. The van der Waals surface area contributed by atoms with Gasteiger partial charge in [-0.05, 0) is 91.4 Å². The Balaban J connectivity index is 0.772. The molecule has 66 heavy (non-hydrogen) atoms. The maximum Gasteiger partial charge on any atom is 0.407 e. The van der Waals surface area contributed by atoms with Gasteiger partial charge in [-0.1, -0.05) is 83.1 Å². The van der Waals surface area contributed by atoms with Crippen LogP contribution in [0.1, 0.15) is 109 Å². The van der Waals surface area contributed by atoms with Gasteiger partial charge < -0.3 is 40.2 Å². The van der Waals surface area contributed by atoms with Crippen LogP contribution in [0.15, 0.2) is 54.0 Å². The summed E-state index contributed by atoms with van der Waals surface area (Å²) in [6.45, 7) is 14.7. The van der Waals surface area contributed by atoms with E-state index < -0.39 is 53.3 Å². The lowest BCUT2D eigenvalue weighted by molar-refractivity contribution is -0.571. The van der Waals surface area contributed by atoms with Crippen LogP contribution in [0.25, 0.3) is 10.4 Å². The molecular formula is C50H67N5O10S. The van der Waals surface area contributed by atoms with Gasteiger partial charge >= 0.3 is 6.09 Å². The van der Waals surface area contributed by atoms with E-state index in [0.717, 1.165) is 64.9 Å². The molecule has 2 aromatic carbocycles. The van der Waals surface area contributed by atoms with Crippen molar-refractivity contribution in [2.45, 2.75) is 155 Å². The van der Waals surface area contributed by atoms with Crippen LogP contribution in [0.4, 0.5) is 4.79 Å². The minimum Gasteiger partial charge on any atom is -0.450 e. The molecule has 1 aliphatic carbocycles. The summed E-state index contributed by atoms with van der Waals surface area (Å²) in [4.78, 5) is 72.8. The summed E-state index contributed by atoms with van der Waals surface area (Å²) in [5.74, 6) is -0.656. The number of thiazole rings is 1. The van der Waals surface area contributed by atoms with E-state index >= 15 is 0 Å². The summed E-state index contributed by atoms with van der Waals surface area (Å²) < 4.78 is 18.7. The number of hydrogen-bond donors (Lipinski definition) is 4. The lowest BCUT2D eigenvalue weighted by atomic mass is 9.57. The topological polar surface area (TPSA) is 187 Å². The number of likely N-dealkylation sites (tertiary alicyclic amines) is 1. The second-order valence-corrected chi connectivity index (χ2v) is 21.4. The standard InChI is InChI=1S/C50H67N5O10S/c1-29-10-19-38-30(2)40(62-46-50(38)37(29)20-21-49(7,63-46)64-65-50)9-8-22-61-47(60)52-26-33-13-11-32(12-14-33)23-41(57)54-43(48(4,5)6)45(59)55-27-36(56)24-39(55)44(58)51-25-34-15-17-35(18-16-34)42-31(3)53-28-66-42/h11-18,28-30,36-40,43,46,56H,8-10,19-27H2,1-7H3,(H,51,58)(H,52,60)(H,54,57).